The van der Waals surface area contributed by atoms with Crippen LogP contribution in [0.2, 0.25) is 0 Å². The van der Waals surface area contributed by atoms with E-state index in [2.05, 4.69) is 0 Å². The Morgan fingerprint density at radius 2 is 1.55 bits per heavy atom. The summed E-state index contributed by atoms with van der Waals surface area (Å²) in [6.07, 6.45) is -7.07. The Morgan fingerprint density at radius 1 is 1.18 bits per heavy atom. The van der Waals surface area contributed by atoms with Gasteiger partial charge in [0.2, 0.25) is 0 Å². The Balaban J connectivity index is 4.52. The van der Waals surface area contributed by atoms with E-state index in [1.807, 2.05) is 0 Å². The largest absolute Gasteiger partial charge is 0.484 e. The molecule has 11 heavy (non-hydrogen) atoms. The van der Waals surface area contributed by atoms with Crippen LogP contribution in [-0.4, -0.2) is 18.2 Å². The molecule has 0 saturated heterocycles. The highest BCUT2D eigenvalue weighted by molar-refractivity contribution is 4.97. The number of alkyl halides is 3. The van der Waals surface area contributed by atoms with Gasteiger partial charge in [-0.1, -0.05) is 0 Å². The van der Waals surface area contributed by atoms with Crippen molar-refractivity contribution in [2.45, 2.75) is 13.2 Å². The van der Waals surface area contributed by atoms with Gasteiger partial charge < -0.3 is 0 Å². The molecule has 0 rings (SSSR count). The van der Waals surface area contributed by atoms with Gasteiger partial charge in [0.05, 0.1) is 5.70 Å². The summed E-state index contributed by atoms with van der Waals surface area (Å²) in [7, 11) is 0.536. The fraction of sp³-hybridized carbons (Fsp3) is 0.600. The summed E-state index contributed by atoms with van der Waals surface area (Å²) in [4.78, 5) is -0.442. The molecule has 0 aliphatic heterocycles. The first-order valence-electron chi connectivity index (χ1n) is 2.59. The summed E-state index contributed by atoms with van der Waals surface area (Å²) < 4.78 is 57.9. The lowest BCUT2D eigenvalue weighted by Crippen LogP contribution is -2.32. The van der Waals surface area contributed by atoms with Crippen molar-refractivity contribution in [2.24, 2.45) is 0 Å². The van der Waals surface area contributed by atoms with Gasteiger partial charge in [0, 0.05) is 7.05 Å². The molecule has 0 aromatic carbocycles. The van der Waals surface area contributed by atoms with Crippen molar-refractivity contribution in [1.29, 1.82) is 0 Å². The topological polar surface area (TPSA) is 3.24 Å². The SMILES string of the molecule is CC(=C(F)F)N(C)C(F)(F)F. The zero-order valence-corrected chi connectivity index (χ0v) is 5.84. The van der Waals surface area contributed by atoms with Gasteiger partial charge >= 0.3 is 6.30 Å². The Hall–Kier alpha value is -0.810. The van der Waals surface area contributed by atoms with Crippen LogP contribution in [0.3, 0.4) is 0 Å². The maximum absolute atomic E-state index is 11.6. The molecule has 0 saturated carbocycles. The van der Waals surface area contributed by atoms with E-state index in [1.165, 1.54) is 0 Å². The highest BCUT2D eigenvalue weighted by atomic mass is 19.4. The minimum Gasteiger partial charge on any atom is -0.286 e. The molecule has 6 heteroatoms. The van der Waals surface area contributed by atoms with Gasteiger partial charge in [0.25, 0.3) is 6.08 Å². The van der Waals surface area contributed by atoms with Crippen LogP contribution in [0.15, 0.2) is 11.8 Å². The van der Waals surface area contributed by atoms with E-state index < -0.39 is 23.0 Å². The zero-order chi connectivity index (χ0) is 9.23. The molecule has 0 fully saturated rings. The van der Waals surface area contributed by atoms with Crippen LogP contribution in [0, 0.1) is 0 Å². The zero-order valence-electron chi connectivity index (χ0n) is 5.84. The molecule has 1 nitrogen and oxygen atoms in total. The third-order valence-electron chi connectivity index (χ3n) is 1.16. The molecule has 0 radical (unpaired) electrons. The highest BCUT2D eigenvalue weighted by Crippen LogP contribution is 2.25. The lowest BCUT2D eigenvalue weighted by atomic mass is 10.5. The third-order valence-corrected chi connectivity index (χ3v) is 1.16. The minimum atomic E-state index is -4.74. The first-order chi connectivity index (χ1) is 4.76. The van der Waals surface area contributed by atoms with Crippen molar-refractivity contribution in [3.8, 4) is 0 Å². The number of allylic oxidation sites excluding steroid dienone is 1. The Kier molecular flexibility index (Phi) is 2.84. The Bertz CT molecular complexity index is 166. The van der Waals surface area contributed by atoms with Crippen LogP contribution in [-0.2, 0) is 0 Å². The summed E-state index contributed by atoms with van der Waals surface area (Å²) in [5.74, 6) is 0. The van der Waals surface area contributed by atoms with E-state index >= 15 is 0 Å². The number of halogens is 5. The maximum atomic E-state index is 11.6. The molecule has 0 aromatic rings. The van der Waals surface area contributed by atoms with E-state index in [1.54, 1.807) is 0 Å². The number of hydrogen-bond acceptors (Lipinski definition) is 1. The quantitative estimate of drug-likeness (QED) is 0.437. The van der Waals surface area contributed by atoms with Gasteiger partial charge in [0.1, 0.15) is 0 Å². The molecule has 0 heterocycles. The molecule has 0 aliphatic carbocycles. The maximum Gasteiger partial charge on any atom is 0.484 e. The number of hydrogen-bond donors (Lipinski definition) is 0. The fourth-order valence-electron chi connectivity index (χ4n) is 0.317. The average molecular weight is 175 g/mol. The molecule has 0 aliphatic rings. The summed E-state index contributed by atoms with van der Waals surface area (Å²) in [5.41, 5.74) is -1.09. The predicted octanol–water partition coefficient (Wildman–Crippen LogP) is 2.57. The predicted molar refractivity (Wildman–Crippen MR) is 28.7 cm³/mol. The van der Waals surface area contributed by atoms with Crippen LogP contribution in [0.4, 0.5) is 22.0 Å². The second-order valence-electron chi connectivity index (χ2n) is 1.87. The molecule has 0 unspecified atom stereocenters. The molecule has 0 spiro atoms. The first kappa shape index (κ1) is 10.2. The van der Waals surface area contributed by atoms with Crippen LogP contribution in [0.1, 0.15) is 6.92 Å². The van der Waals surface area contributed by atoms with E-state index in [4.69, 9.17) is 0 Å². The van der Waals surface area contributed by atoms with Crippen molar-refractivity contribution in [1.82, 2.24) is 4.90 Å². The van der Waals surface area contributed by atoms with Crippen molar-refractivity contribution < 1.29 is 22.0 Å². The second-order valence-corrected chi connectivity index (χ2v) is 1.87. The van der Waals surface area contributed by atoms with Crippen molar-refractivity contribution in [3.05, 3.63) is 11.8 Å². The van der Waals surface area contributed by atoms with Gasteiger partial charge in [0.15, 0.2) is 0 Å². The molecule has 0 aromatic heterocycles. The van der Waals surface area contributed by atoms with Crippen LogP contribution < -0.4 is 0 Å². The minimum absolute atomic E-state index is 0.442. The number of rotatable bonds is 1. The molecular formula is C5H6F5N. The van der Waals surface area contributed by atoms with Crippen molar-refractivity contribution >= 4 is 0 Å². The molecule has 66 valence electrons. The van der Waals surface area contributed by atoms with Crippen molar-refractivity contribution in [3.63, 3.8) is 0 Å². The highest BCUT2D eigenvalue weighted by Gasteiger charge is 2.35. The monoisotopic (exact) mass is 175 g/mol. The van der Waals surface area contributed by atoms with Crippen molar-refractivity contribution in [2.75, 3.05) is 7.05 Å². The van der Waals surface area contributed by atoms with Gasteiger partial charge in [-0.3, -0.25) is 4.90 Å². The summed E-state index contributed by atoms with van der Waals surface area (Å²) in [6.45, 7) is 0.697. The standard InChI is InChI=1S/C5H6F5N/c1-3(4(6)7)11(2)5(8,9)10/h1-2H3. The third kappa shape index (κ3) is 2.73. The van der Waals surface area contributed by atoms with E-state index in [0.717, 1.165) is 0 Å². The summed E-state index contributed by atoms with van der Waals surface area (Å²) >= 11 is 0. The van der Waals surface area contributed by atoms with Crippen LogP contribution >= 0.6 is 0 Å². The Labute approximate surface area is 60.1 Å². The lowest BCUT2D eigenvalue weighted by molar-refractivity contribution is -0.224. The van der Waals surface area contributed by atoms with Gasteiger partial charge in [-0.2, -0.15) is 22.0 Å². The number of nitrogens with zero attached hydrogens (tertiary/aromatic N) is 1. The molecular weight excluding hydrogens is 169 g/mol. The second kappa shape index (κ2) is 3.06. The molecule has 0 bridgehead atoms. The van der Waals surface area contributed by atoms with Gasteiger partial charge in [-0.05, 0) is 6.92 Å². The van der Waals surface area contributed by atoms with Crippen LogP contribution in [0.25, 0.3) is 0 Å². The lowest BCUT2D eigenvalue weighted by Gasteiger charge is -2.21. The van der Waals surface area contributed by atoms with Gasteiger partial charge in [-0.25, -0.2) is 0 Å². The van der Waals surface area contributed by atoms with E-state index in [-0.39, 0.29) is 0 Å². The molecule has 0 amide bonds. The average Bonchev–Trinajstić information content (AvgIpc) is 1.82. The first-order valence-corrected chi connectivity index (χ1v) is 2.59. The Morgan fingerprint density at radius 3 is 1.64 bits per heavy atom. The summed E-state index contributed by atoms with van der Waals surface area (Å²) in [6, 6.07) is 0. The normalized spacial score (nSPS) is 11.2. The fourth-order valence-corrected chi connectivity index (χ4v) is 0.317. The smallest absolute Gasteiger partial charge is 0.286 e. The van der Waals surface area contributed by atoms with Crippen LogP contribution in [0.5, 0.6) is 0 Å². The van der Waals surface area contributed by atoms with E-state index in [9.17, 15) is 22.0 Å². The van der Waals surface area contributed by atoms with E-state index in [0.29, 0.717) is 14.0 Å². The molecule has 0 atom stereocenters. The summed E-state index contributed by atoms with van der Waals surface area (Å²) in [5, 5.41) is 0. The molecule has 0 N–H and O–H groups in total. The van der Waals surface area contributed by atoms with Gasteiger partial charge in [-0.15, -0.1) is 0 Å².